The van der Waals surface area contributed by atoms with Gasteiger partial charge in [0.05, 0.1) is 24.8 Å². The summed E-state index contributed by atoms with van der Waals surface area (Å²) in [7, 11) is 1.51. The van der Waals surface area contributed by atoms with Gasteiger partial charge < -0.3 is 14.2 Å². The fourth-order valence-corrected chi connectivity index (χ4v) is 3.41. The molecule has 0 bridgehead atoms. The lowest BCUT2D eigenvalue weighted by Gasteiger charge is -2.36. The van der Waals surface area contributed by atoms with E-state index in [9.17, 15) is 9.59 Å². The van der Waals surface area contributed by atoms with E-state index in [1.54, 1.807) is 30.3 Å². The number of rotatable bonds is 4. The highest BCUT2D eigenvalue weighted by Gasteiger charge is 2.32. The van der Waals surface area contributed by atoms with Crippen molar-refractivity contribution in [2.75, 3.05) is 13.9 Å². The van der Waals surface area contributed by atoms with Crippen molar-refractivity contribution in [2.24, 2.45) is 0 Å². The second kappa shape index (κ2) is 8.75. The van der Waals surface area contributed by atoms with Gasteiger partial charge >= 0.3 is 0 Å². The number of nitrogens with one attached hydrogen (secondary N) is 1. The average Bonchev–Trinajstić information content (AvgIpc) is 2.75. The topological polar surface area (TPSA) is 77.1 Å². The van der Waals surface area contributed by atoms with Crippen LogP contribution in [-0.4, -0.2) is 36.3 Å². The van der Waals surface area contributed by atoms with E-state index in [-0.39, 0.29) is 18.6 Å². The molecule has 7 heteroatoms. The highest BCUT2D eigenvalue weighted by atomic mass is 16.7. The van der Waals surface area contributed by atoms with Gasteiger partial charge in [0, 0.05) is 16.7 Å². The Kier molecular flexibility index (Phi) is 6.31. The lowest BCUT2D eigenvalue weighted by molar-refractivity contribution is -0.0170. The summed E-state index contributed by atoms with van der Waals surface area (Å²) in [5, 5.41) is 1.34. The maximum absolute atomic E-state index is 13.3. The van der Waals surface area contributed by atoms with Crippen LogP contribution in [0.3, 0.4) is 0 Å². The molecule has 3 rings (SSSR count). The molecule has 0 fully saturated rings. The molecule has 1 N–H and O–H groups in total. The zero-order chi connectivity index (χ0) is 21.9. The molecular weight excluding hydrogens is 384 g/mol. The van der Waals surface area contributed by atoms with Gasteiger partial charge in [0.1, 0.15) is 11.5 Å². The lowest BCUT2D eigenvalue weighted by atomic mass is 9.99. The van der Waals surface area contributed by atoms with E-state index in [0.29, 0.717) is 35.7 Å². The molecule has 0 saturated carbocycles. The van der Waals surface area contributed by atoms with Gasteiger partial charge in [-0.1, -0.05) is 25.1 Å². The summed E-state index contributed by atoms with van der Waals surface area (Å²) in [6.07, 6.45) is 0.613. The summed E-state index contributed by atoms with van der Waals surface area (Å²) < 4.78 is 16.3. The Balaban J connectivity index is 1.95. The quantitative estimate of drug-likeness (QED) is 0.775. The number of hydrogen-bond donors (Lipinski definition) is 1. The number of amides is 2. The number of carbonyl (C=O) groups excluding carboxylic acids is 2. The molecule has 0 spiro atoms. The van der Waals surface area contributed by atoms with Crippen molar-refractivity contribution >= 4 is 11.8 Å². The summed E-state index contributed by atoms with van der Waals surface area (Å²) in [6, 6.07) is 10.5. The number of nitrogens with zero attached hydrogens (tertiary/aromatic N) is 1. The summed E-state index contributed by atoms with van der Waals surface area (Å²) in [5.74, 6) is 0.411. The molecule has 0 saturated heterocycles. The van der Waals surface area contributed by atoms with E-state index in [4.69, 9.17) is 14.2 Å². The molecule has 0 aliphatic carbocycles. The first kappa shape index (κ1) is 21.6. The summed E-state index contributed by atoms with van der Waals surface area (Å²) in [4.78, 5) is 26.5. The van der Waals surface area contributed by atoms with Crippen molar-refractivity contribution in [1.29, 1.82) is 0 Å². The van der Waals surface area contributed by atoms with Crippen LogP contribution in [-0.2, 0) is 17.8 Å². The SMILES string of the molecule is CCc1c(C(=O)NN(C(=O)c2ccccc2OC)C(C)(C)C)ccc2c1OCOC2. The number of hydrazine groups is 1. The van der Waals surface area contributed by atoms with Crippen molar-refractivity contribution in [1.82, 2.24) is 10.4 Å². The fraction of sp³-hybridized carbons (Fsp3) is 0.391. The van der Waals surface area contributed by atoms with E-state index in [1.165, 1.54) is 12.1 Å². The molecule has 2 aromatic rings. The van der Waals surface area contributed by atoms with Crippen LogP contribution < -0.4 is 14.9 Å². The molecule has 160 valence electrons. The molecule has 0 unspecified atom stereocenters. The number of para-hydroxylation sites is 1. The Morgan fingerprint density at radius 2 is 1.87 bits per heavy atom. The molecule has 30 heavy (non-hydrogen) atoms. The predicted molar refractivity (Wildman–Crippen MR) is 112 cm³/mol. The van der Waals surface area contributed by atoms with Crippen LogP contribution in [0.4, 0.5) is 0 Å². The highest BCUT2D eigenvalue weighted by molar-refractivity contribution is 6.01. The Hall–Kier alpha value is -3.06. The van der Waals surface area contributed by atoms with Crippen molar-refractivity contribution < 1.29 is 23.8 Å². The van der Waals surface area contributed by atoms with Crippen LogP contribution in [0, 0.1) is 0 Å². The van der Waals surface area contributed by atoms with E-state index in [0.717, 1.165) is 11.1 Å². The third kappa shape index (κ3) is 4.26. The molecular formula is C23H28N2O5. The second-order valence-electron chi connectivity index (χ2n) is 8.00. The third-order valence-electron chi connectivity index (χ3n) is 4.91. The number of methoxy groups -OCH3 is 1. The van der Waals surface area contributed by atoms with Gasteiger partial charge in [0.2, 0.25) is 0 Å². The Morgan fingerprint density at radius 1 is 1.13 bits per heavy atom. The van der Waals surface area contributed by atoms with Crippen LogP contribution in [0.1, 0.15) is 59.5 Å². The lowest BCUT2D eigenvalue weighted by Crippen LogP contribution is -2.56. The van der Waals surface area contributed by atoms with Crippen LogP contribution in [0.2, 0.25) is 0 Å². The molecule has 1 aliphatic rings. The monoisotopic (exact) mass is 412 g/mol. The second-order valence-corrected chi connectivity index (χ2v) is 8.00. The molecule has 2 aromatic carbocycles. The number of benzene rings is 2. The molecule has 1 heterocycles. The molecule has 0 aromatic heterocycles. The normalized spacial score (nSPS) is 13.1. The van der Waals surface area contributed by atoms with Crippen LogP contribution >= 0.6 is 0 Å². The molecule has 0 radical (unpaired) electrons. The maximum atomic E-state index is 13.3. The highest BCUT2D eigenvalue weighted by Crippen LogP contribution is 2.31. The standard InChI is InChI=1S/C23H28N2O5/c1-6-16-17(12-11-15-13-29-14-30-20(15)16)21(26)24-25(23(2,3)4)22(27)18-9-7-8-10-19(18)28-5/h7-12H,6,13-14H2,1-5H3,(H,24,26). The largest absolute Gasteiger partial charge is 0.496 e. The average molecular weight is 412 g/mol. The van der Waals surface area contributed by atoms with E-state index in [1.807, 2.05) is 33.8 Å². The van der Waals surface area contributed by atoms with Crippen molar-refractivity contribution in [3.63, 3.8) is 0 Å². The van der Waals surface area contributed by atoms with Crippen LogP contribution in [0.25, 0.3) is 0 Å². The van der Waals surface area contributed by atoms with E-state index < -0.39 is 5.54 Å². The van der Waals surface area contributed by atoms with Gasteiger partial charge in [0.25, 0.3) is 11.8 Å². The summed E-state index contributed by atoms with van der Waals surface area (Å²) in [5.41, 5.74) is 4.69. The smallest absolute Gasteiger partial charge is 0.276 e. The zero-order valence-electron chi connectivity index (χ0n) is 18.1. The minimum Gasteiger partial charge on any atom is -0.496 e. The number of hydrogen-bond acceptors (Lipinski definition) is 5. The third-order valence-corrected chi connectivity index (χ3v) is 4.91. The van der Waals surface area contributed by atoms with Gasteiger partial charge in [-0.2, -0.15) is 0 Å². The summed E-state index contributed by atoms with van der Waals surface area (Å²) >= 11 is 0. The first-order chi connectivity index (χ1) is 14.3. The first-order valence-corrected chi connectivity index (χ1v) is 9.91. The van der Waals surface area contributed by atoms with Crippen LogP contribution in [0.5, 0.6) is 11.5 Å². The fourth-order valence-electron chi connectivity index (χ4n) is 3.41. The Bertz CT molecular complexity index is 949. The molecule has 0 atom stereocenters. The zero-order valence-corrected chi connectivity index (χ0v) is 18.1. The van der Waals surface area contributed by atoms with Gasteiger partial charge in [-0.15, -0.1) is 0 Å². The van der Waals surface area contributed by atoms with Gasteiger partial charge in [-0.05, 0) is 45.4 Å². The Labute approximate surface area is 176 Å². The number of carbonyl (C=O) groups is 2. The van der Waals surface area contributed by atoms with E-state index in [2.05, 4.69) is 5.43 Å². The minimum atomic E-state index is -0.668. The predicted octanol–water partition coefficient (Wildman–Crippen LogP) is 3.71. The minimum absolute atomic E-state index is 0.158. The maximum Gasteiger partial charge on any atom is 0.276 e. The first-order valence-electron chi connectivity index (χ1n) is 9.91. The van der Waals surface area contributed by atoms with Gasteiger partial charge in [-0.25, -0.2) is 5.01 Å². The van der Waals surface area contributed by atoms with Gasteiger partial charge in [0.15, 0.2) is 6.79 Å². The van der Waals surface area contributed by atoms with Crippen molar-refractivity contribution in [3.05, 3.63) is 58.7 Å². The molecule has 2 amide bonds. The molecule has 7 nitrogen and oxygen atoms in total. The summed E-state index contributed by atoms with van der Waals surface area (Å²) in [6.45, 7) is 8.14. The number of ether oxygens (including phenoxy) is 3. The van der Waals surface area contributed by atoms with Gasteiger partial charge in [-0.3, -0.25) is 15.0 Å². The van der Waals surface area contributed by atoms with E-state index >= 15 is 0 Å². The number of fused-ring (bicyclic) bond motifs is 1. The molecule has 1 aliphatic heterocycles. The Morgan fingerprint density at radius 3 is 2.53 bits per heavy atom. The van der Waals surface area contributed by atoms with Crippen molar-refractivity contribution in [3.8, 4) is 11.5 Å². The van der Waals surface area contributed by atoms with Crippen molar-refractivity contribution in [2.45, 2.75) is 46.3 Å². The van der Waals surface area contributed by atoms with Crippen LogP contribution in [0.15, 0.2) is 36.4 Å².